The van der Waals surface area contributed by atoms with Crippen LogP contribution >= 0.6 is 15.9 Å². The number of benzene rings is 1. The van der Waals surface area contributed by atoms with Crippen molar-refractivity contribution in [2.75, 3.05) is 12.4 Å². The molecule has 2 N–H and O–H groups in total. The fourth-order valence-corrected chi connectivity index (χ4v) is 2.84. The van der Waals surface area contributed by atoms with Gasteiger partial charge in [0.15, 0.2) is 0 Å². The number of furan rings is 1. The van der Waals surface area contributed by atoms with Crippen molar-refractivity contribution in [2.45, 2.75) is 18.6 Å². The Balaban J connectivity index is 2.13. The van der Waals surface area contributed by atoms with E-state index in [1.54, 1.807) is 12.1 Å². The summed E-state index contributed by atoms with van der Waals surface area (Å²) >= 11 is 3.11. The number of hydrogen-bond donors (Lipinski definition) is 2. The van der Waals surface area contributed by atoms with Crippen LogP contribution < -0.4 is 10.0 Å². The van der Waals surface area contributed by atoms with E-state index in [0.29, 0.717) is 15.9 Å². The number of sulfonamides is 1. The number of anilines is 1. The van der Waals surface area contributed by atoms with Crippen molar-refractivity contribution in [1.82, 2.24) is 4.72 Å². The molecule has 0 spiro atoms. The molecule has 1 heterocycles. The highest BCUT2D eigenvalue weighted by molar-refractivity contribution is 9.10. The normalized spacial score (nSPS) is 11.6. The lowest BCUT2D eigenvalue weighted by molar-refractivity contribution is 0.417. The summed E-state index contributed by atoms with van der Waals surface area (Å²) in [5.41, 5.74) is 1.48. The summed E-state index contributed by atoms with van der Waals surface area (Å²) in [5.74, 6) is 0.0625. The molecule has 0 fully saturated rings. The molecule has 0 atom stereocenters. The minimum absolute atomic E-state index is 0.152. The van der Waals surface area contributed by atoms with E-state index in [0.717, 1.165) is 5.56 Å². The molecular formula is C13H14BrFN2O3S. The Hall–Kier alpha value is -1.38. The molecule has 0 amide bonds. The molecule has 21 heavy (non-hydrogen) atoms. The second-order valence-corrected chi connectivity index (χ2v) is 7.03. The second kappa shape index (κ2) is 6.17. The van der Waals surface area contributed by atoms with Gasteiger partial charge in [0.25, 0.3) is 10.0 Å². The third-order valence-corrected chi connectivity index (χ3v) is 4.79. The molecule has 5 nitrogen and oxygen atoms in total. The summed E-state index contributed by atoms with van der Waals surface area (Å²) in [6.45, 7) is 2.09. The third-order valence-electron chi connectivity index (χ3n) is 2.89. The highest BCUT2D eigenvalue weighted by atomic mass is 79.9. The van der Waals surface area contributed by atoms with Gasteiger partial charge in [0.2, 0.25) is 5.09 Å². The monoisotopic (exact) mass is 376 g/mol. The molecule has 2 aromatic rings. The van der Waals surface area contributed by atoms with Crippen molar-refractivity contribution in [3.8, 4) is 0 Å². The maximum Gasteiger partial charge on any atom is 0.273 e. The van der Waals surface area contributed by atoms with Crippen LogP contribution in [0.5, 0.6) is 0 Å². The molecule has 0 radical (unpaired) electrons. The Bertz CT molecular complexity index is 759. The van der Waals surface area contributed by atoms with Crippen LogP contribution in [0.15, 0.2) is 38.2 Å². The van der Waals surface area contributed by atoms with Gasteiger partial charge >= 0.3 is 0 Å². The zero-order valence-corrected chi connectivity index (χ0v) is 13.8. The quantitative estimate of drug-likeness (QED) is 0.841. The molecule has 0 saturated carbocycles. The fourth-order valence-electron chi connectivity index (χ4n) is 1.72. The zero-order valence-electron chi connectivity index (χ0n) is 11.4. The van der Waals surface area contributed by atoms with Crippen LogP contribution in [-0.4, -0.2) is 15.5 Å². The van der Waals surface area contributed by atoms with Crippen molar-refractivity contribution < 1.29 is 17.2 Å². The first-order valence-corrected chi connectivity index (χ1v) is 8.33. The third kappa shape index (κ3) is 3.63. The van der Waals surface area contributed by atoms with Crippen LogP contribution in [-0.2, 0) is 16.6 Å². The minimum atomic E-state index is -3.59. The van der Waals surface area contributed by atoms with Gasteiger partial charge in [-0.05, 0) is 59.7 Å². The van der Waals surface area contributed by atoms with Gasteiger partial charge in [-0.2, -0.15) is 0 Å². The molecule has 0 bridgehead atoms. The molecule has 1 aromatic heterocycles. The predicted octanol–water partition coefficient (Wildman–Crippen LogP) is 3.01. The van der Waals surface area contributed by atoms with E-state index in [-0.39, 0.29) is 17.5 Å². The fraction of sp³-hybridized carbons (Fsp3) is 0.231. The Labute approximate surface area is 130 Å². The lowest BCUT2D eigenvalue weighted by Crippen LogP contribution is -2.17. The van der Waals surface area contributed by atoms with Crippen LogP contribution in [0.2, 0.25) is 0 Å². The number of hydrogen-bond acceptors (Lipinski definition) is 4. The maximum atomic E-state index is 13.5. The van der Waals surface area contributed by atoms with E-state index >= 15 is 0 Å². The summed E-state index contributed by atoms with van der Waals surface area (Å²) < 4.78 is 44.4. The SMILES string of the molecule is CNS(=O)(=O)c1ccc(CNc2cc(F)c(Br)cc2C)o1. The summed E-state index contributed by atoms with van der Waals surface area (Å²) in [7, 11) is -2.28. The average Bonchev–Trinajstić information content (AvgIpc) is 2.91. The van der Waals surface area contributed by atoms with Crippen molar-refractivity contribution in [3.05, 3.63) is 45.9 Å². The highest BCUT2D eigenvalue weighted by Gasteiger charge is 2.16. The highest BCUT2D eigenvalue weighted by Crippen LogP contribution is 2.24. The molecule has 0 aliphatic carbocycles. The summed E-state index contributed by atoms with van der Waals surface area (Å²) in [6, 6.07) is 5.96. The van der Waals surface area contributed by atoms with E-state index in [4.69, 9.17) is 4.42 Å². The topological polar surface area (TPSA) is 71.3 Å². The first kappa shape index (κ1) is 16.0. The van der Waals surface area contributed by atoms with Gasteiger partial charge in [0.05, 0.1) is 11.0 Å². The van der Waals surface area contributed by atoms with Gasteiger partial charge in [0.1, 0.15) is 11.6 Å². The molecule has 8 heteroatoms. The molecule has 114 valence electrons. The Morgan fingerprint density at radius 2 is 2.05 bits per heavy atom. The van der Waals surface area contributed by atoms with Crippen LogP contribution in [0.25, 0.3) is 0 Å². The maximum absolute atomic E-state index is 13.5. The molecule has 1 aromatic carbocycles. The van der Waals surface area contributed by atoms with Crippen LogP contribution in [0, 0.1) is 12.7 Å². The molecule has 0 aliphatic heterocycles. The minimum Gasteiger partial charge on any atom is -0.446 e. The van der Waals surface area contributed by atoms with Crippen molar-refractivity contribution in [2.24, 2.45) is 0 Å². The summed E-state index contributed by atoms with van der Waals surface area (Å²) in [4.78, 5) is 0. The van der Waals surface area contributed by atoms with Gasteiger partial charge < -0.3 is 9.73 Å². The Morgan fingerprint density at radius 1 is 1.33 bits per heavy atom. The van der Waals surface area contributed by atoms with E-state index in [1.807, 2.05) is 6.92 Å². The Morgan fingerprint density at radius 3 is 2.71 bits per heavy atom. The van der Waals surface area contributed by atoms with E-state index in [2.05, 4.69) is 26.0 Å². The van der Waals surface area contributed by atoms with Gasteiger partial charge in [-0.15, -0.1) is 0 Å². The van der Waals surface area contributed by atoms with Gasteiger partial charge in [-0.3, -0.25) is 0 Å². The number of aryl methyl sites for hydroxylation is 1. The van der Waals surface area contributed by atoms with E-state index < -0.39 is 10.0 Å². The average molecular weight is 377 g/mol. The number of rotatable bonds is 5. The molecule has 2 rings (SSSR count). The standard InChI is InChI=1S/C13H14BrFN2O3S/c1-8-5-10(14)11(15)6-12(8)17-7-9-3-4-13(20-9)21(18,19)16-2/h3-6,16-17H,7H2,1-2H3. The van der Waals surface area contributed by atoms with Crippen LogP contribution in [0.4, 0.5) is 10.1 Å². The van der Waals surface area contributed by atoms with Gasteiger partial charge in [-0.1, -0.05) is 0 Å². The van der Waals surface area contributed by atoms with E-state index in [1.165, 1.54) is 19.2 Å². The second-order valence-electron chi connectivity index (χ2n) is 4.36. The van der Waals surface area contributed by atoms with Crippen LogP contribution in [0.1, 0.15) is 11.3 Å². The van der Waals surface area contributed by atoms with Crippen molar-refractivity contribution in [3.63, 3.8) is 0 Å². The predicted molar refractivity (Wildman–Crippen MR) is 81.1 cm³/mol. The Kier molecular flexibility index (Phi) is 4.70. The lowest BCUT2D eigenvalue weighted by Gasteiger charge is -2.09. The van der Waals surface area contributed by atoms with Crippen molar-refractivity contribution >= 4 is 31.6 Å². The van der Waals surface area contributed by atoms with Gasteiger partial charge in [0, 0.05) is 5.69 Å². The van der Waals surface area contributed by atoms with Crippen LogP contribution in [0.3, 0.4) is 0 Å². The van der Waals surface area contributed by atoms with Crippen molar-refractivity contribution in [1.29, 1.82) is 0 Å². The molecular weight excluding hydrogens is 363 g/mol. The summed E-state index contributed by atoms with van der Waals surface area (Å²) in [6.07, 6.45) is 0. The smallest absolute Gasteiger partial charge is 0.273 e. The first-order valence-electron chi connectivity index (χ1n) is 6.05. The number of nitrogens with one attached hydrogen (secondary N) is 2. The molecule has 0 unspecified atom stereocenters. The zero-order chi connectivity index (χ0) is 15.6. The summed E-state index contributed by atoms with van der Waals surface area (Å²) in [5, 5.41) is 2.86. The van der Waals surface area contributed by atoms with E-state index in [9.17, 15) is 12.8 Å². The molecule has 0 aliphatic rings. The lowest BCUT2D eigenvalue weighted by atomic mass is 10.2. The van der Waals surface area contributed by atoms with Gasteiger partial charge in [-0.25, -0.2) is 17.5 Å². The largest absolute Gasteiger partial charge is 0.446 e. The number of halogens is 2. The first-order chi connectivity index (χ1) is 9.83. The molecule has 0 saturated heterocycles.